The van der Waals surface area contributed by atoms with Crippen LogP contribution in [0.4, 0.5) is 15.8 Å². The molecule has 1 aliphatic heterocycles. The monoisotopic (exact) mass is 491 g/mol. The fourth-order valence-electron chi connectivity index (χ4n) is 4.35. The highest BCUT2D eigenvalue weighted by Gasteiger charge is 2.42. The number of nitrogens with zero attached hydrogens (tertiary/aromatic N) is 4. The lowest BCUT2D eigenvalue weighted by atomic mass is 10.0. The van der Waals surface area contributed by atoms with E-state index in [0.29, 0.717) is 5.11 Å². The lowest BCUT2D eigenvalue weighted by Gasteiger charge is -2.29. The predicted molar refractivity (Wildman–Crippen MR) is 139 cm³/mol. The van der Waals surface area contributed by atoms with Crippen molar-refractivity contribution in [2.45, 2.75) is 12.1 Å². The summed E-state index contributed by atoms with van der Waals surface area (Å²) in [4.78, 5) is 8.79. The smallest absolute Gasteiger partial charge is 0.174 e. The van der Waals surface area contributed by atoms with Gasteiger partial charge in [0.2, 0.25) is 0 Å². The van der Waals surface area contributed by atoms with E-state index in [4.69, 9.17) is 23.8 Å². The van der Waals surface area contributed by atoms with Crippen molar-refractivity contribution in [2.75, 3.05) is 23.9 Å². The minimum Gasteiger partial charge on any atom is -0.378 e. The van der Waals surface area contributed by atoms with E-state index in [2.05, 4.69) is 50.4 Å². The standard InChI is InChI=1S/C26H23ClFN5S/c1-31(2)17-8-10-18(11-9-17)33-25(24(30-26(33)34)22-6-3-4-14-29-22)23-7-5-15-32(23)19-12-13-21(28)20(27)16-19/h3-16,24-25H,1-2H3,(H,30,34)/t24-,25+/m0/s1. The summed E-state index contributed by atoms with van der Waals surface area (Å²) in [6.45, 7) is 0. The van der Waals surface area contributed by atoms with Gasteiger partial charge < -0.3 is 19.7 Å². The molecule has 1 N–H and O–H groups in total. The van der Waals surface area contributed by atoms with Crippen molar-refractivity contribution in [3.63, 3.8) is 0 Å². The summed E-state index contributed by atoms with van der Waals surface area (Å²) in [5.74, 6) is -0.447. The molecule has 2 aromatic carbocycles. The van der Waals surface area contributed by atoms with Gasteiger partial charge in [-0.3, -0.25) is 4.98 Å². The van der Waals surface area contributed by atoms with Crippen LogP contribution in [0.2, 0.25) is 5.02 Å². The van der Waals surface area contributed by atoms with Crippen LogP contribution in [-0.2, 0) is 0 Å². The Labute approximate surface area is 208 Å². The number of hydrogen-bond donors (Lipinski definition) is 1. The summed E-state index contributed by atoms with van der Waals surface area (Å²) in [7, 11) is 4.02. The van der Waals surface area contributed by atoms with Gasteiger partial charge in [0.15, 0.2) is 5.11 Å². The van der Waals surface area contributed by atoms with Crippen LogP contribution >= 0.6 is 23.8 Å². The molecular weight excluding hydrogens is 469 g/mol. The van der Waals surface area contributed by atoms with Gasteiger partial charge in [-0.2, -0.15) is 0 Å². The van der Waals surface area contributed by atoms with Gasteiger partial charge in [-0.15, -0.1) is 0 Å². The van der Waals surface area contributed by atoms with E-state index < -0.39 is 5.82 Å². The molecule has 3 heterocycles. The minimum atomic E-state index is -0.447. The number of anilines is 2. The Morgan fingerprint density at radius 2 is 1.76 bits per heavy atom. The molecular formula is C26H23ClFN5S. The van der Waals surface area contributed by atoms with Crippen molar-refractivity contribution >= 4 is 40.3 Å². The Bertz CT molecular complexity index is 1320. The first-order valence-corrected chi connectivity index (χ1v) is 11.6. The molecule has 0 spiro atoms. The fourth-order valence-corrected chi connectivity index (χ4v) is 4.87. The molecule has 5 rings (SSSR count). The van der Waals surface area contributed by atoms with Crippen molar-refractivity contribution in [2.24, 2.45) is 0 Å². The van der Waals surface area contributed by atoms with Crippen LogP contribution in [0.15, 0.2) is 85.2 Å². The largest absolute Gasteiger partial charge is 0.378 e. The van der Waals surface area contributed by atoms with E-state index in [1.54, 1.807) is 18.3 Å². The molecule has 172 valence electrons. The molecule has 1 aliphatic rings. The molecule has 8 heteroatoms. The zero-order chi connectivity index (χ0) is 23.8. The van der Waals surface area contributed by atoms with Gasteiger partial charge in [0.05, 0.1) is 16.8 Å². The molecule has 34 heavy (non-hydrogen) atoms. The van der Waals surface area contributed by atoms with Gasteiger partial charge in [-0.05, 0) is 78.9 Å². The molecule has 1 fully saturated rings. The summed E-state index contributed by atoms with van der Waals surface area (Å²) >= 11 is 11.9. The van der Waals surface area contributed by atoms with Crippen molar-refractivity contribution in [1.29, 1.82) is 0 Å². The highest BCUT2D eigenvalue weighted by molar-refractivity contribution is 7.80. The molecule has 4 aromatic rings. The summed E-state index contributed by atoms with van der Waals surface area (Å²) in [5, 5.41) is 4.17. The molecule has 0 saturated carbocycles. The van der Waals surface area contributed by atoms with Crippen LogP contribution in [0, 0.1) is 5.82 Å². The molecule has 0 bridgehead atoms. The molecule has 0 radical (unpaired) electrons. The van der Waals surface area contributed by atoms with E-state index in [1.165, 1.54) is 6.07 Å². The third kappa shape index (κ3) is 4.02. The number of halogens is 2. The van der Waals surface area contributed by atoms with E-state index in [1.807, 2.05) is 49.1 Å². The molecule has 2 atom stereocenters. The van der Waals surface area contributed by atoms with Crippen molar-refractivity contribution in [3.8, 4) is 5.69 Å². The van der Waals surface area contributed by atoms with Gasteiger partial charge in [-0.25, -0.2) is 4.39 Å². The zero-order valence-corrected chi connectivity index (χ0v) is 20.3. The number of rotatable bonds is 5. The third-order valence-electron chi connectivity index (χ3n) is 6.01. The lowest BCUT2D eigenvalue weighted by Crippen LogP contribution is -2.30. The predicted octanol–water partition coefficient (Wildman–Crippen LogP) is 5.91. The number of benzene rings is 2. The lowest BCUT2D eigenvalue weighted by molar-refractivity contribution is 0.549. The summed E-state index contributed by atoms with van der Waals surface area (Å²) in [6, 6.07) is 22.5. The number of aromatic nitrogens is 2. The minimum absolute atomic E-state index is 0.0784. The summed E-state index contributed by atoms with van der Waals surface area (Å²) < 4.78 is 15.9. The summed E-state index contributed by atoms with van der Waals surface area (Å²) in [5.41, 5.74) is 4.70. The van der Waals surface area contributed by atoms with Gasteiger partial charge >= 0.3 is 0 Å². The van der Waals surface area contributed by atoms with Crippen molar-refractivity contribution in [1.82, 2.24) is 14.9 Å². The second kappa shape index (κ2) is 9.08. The highest BCUT2D eigenvalue weighted by atomic mass is 35.5. The van der Waals surface area contributed by atoms with Gasteiger partial charge in [-0.1, -0.05) is 17.7 Å². The second-order valence-corrected chi connectivity index (χ2v) is 9.10. The molecule has 2 aromatic heterocycles. The Kier molecular flexibility index (Phi) is 5.98. The topological polar surface area (TPSA) is 36.3 Å². The highest BCUT2D eigenvalue weighted by Crippen LogP contribution is 2.42. The zero-order valence-electron chi connectivity index (χ0n) is 18.7. The first-order valence-electron chi connectivity index (χ1n) is 10.8. The number of thiocarbonyl (C=S) groups is 1. The molecule has 0 aliphatic carbocycles. The van der Waals surface area contributed by atoms with Crippen LogP contribution in [0.1, 0.15) is 23.5 Å². The quantitative estimate of drug-likeness (QED) is 0.351. The Morgan fingerprint density at radius 3 is 2.44 bits per heavy atom. The van der Waals surface area contributed by atoms with Crippen LogP contribution in [0.5, 0.6) is 0 Å². The Balaban J connectivity index is 1.64. The molecule has 1 saturated heterocycles. The number of hydrogen-bond acceptors (Lipinski definition) is 3. The maximum absolute atomic E-state index is 13.9. The Hall–Kier alpha value is -3.42. The number of nitrogens with one attached hydrogen (secondary N) is 1. The van der Waals surface area contributed by atoms with Crippen molar-refractivity contribution < 1.29 is 4.39 Å². The molecule has 0 amide bonds. The van der Waals surface area contributed by atoms with Crippen molar-refractivity contribution in [3.05, 3.63) is 107 Å². The van der Waals surface area contributed by atoms with Crippen LogP contribution < -0.4 is 15.1 Å². The van der Waals surface area contributed by atoms with Gasteiger partial charge in [0.25, 0.3) is 0 Å². The van der Waals surface area contributed by atoms with Gasteiger partial charge in [0.1, 0.15) is 11.9 Å². The van der Waals surface area contributed by atoms with Crippen LogP contribution in [-0.4, -0.2) is 28.8 Å². The van der Waals surface area contributed by atoms with Crippen LogP contribution in [0.25, 0.3) is 5.69 Å². The molecule has 5 nitrogen and oxygen atoms in total. The fraction of sp³-hybridized carbons (Fsp3) is 0.154. The molecule has 0 unspecified atom stereocenters. The van der Waals surface area contributed by atoms with E-state index in [0.717, 1.165) is 28.5 Å². The second-order valence-electron chi connectivity index (χ2n) is 8.31. The van der Waals surface area contributed by atoms with Crippen LogP contribution in [0.3, 0.4) is 0 Å². The third-order valence-corrected chi connectivity index (χ3v) is 6.61. The average Bonchev–Trinajstić information content (AvgIpc) is 3.45. The average molecular weight is 492 g/mol. The number of pyridine rings is 1. The maximum Gasteiger partial charge on any atom is 0.174 e. The Morgan fingerprint density at radius 1 is 1.00 bits per heavy atom. The van der Waals surface area contributed by atoms with E-state index in [-0.39, 0.29) is 17.1 Å². The maximum atomic E-state index is 13.9. The first kappa shape index (κ1) is 22.4. The SMILES string of the molecule is CN(C)c1ccc(N2C(=S)N[C@@H](c3ccccn3)[C@H]2c2cccn2-c2ccc(F)c(Cl)c2)cc1. The van der Waals surface area contributed by atoms with Gasteiger partial charge in [0, 0.05) is 49.2 Å². The van der Waals surface area contributed by atoms with E-state index >= 15 is 0 Å². The first-order chi connectivity index (χ1) is 16.4. The summed E-state index contributed by atoms with van der Waals surface area (Å²) in [6.07, 6.45) is 3.73. The normalized spacial score (nSPS) is 17.6. The van der Waals surface area contributed by atoms with E-state index in [9.17, 15) is 4.39 Å².